The van der Waals surface area contributed by atoms with Gasteiger partial charge >= 0.3 is 6.18 Å². The van der Waals surface area contributed by atoms with E-state index in [1.165, 1.54) is 19.2 Å². The molecule has 0 saturated heterocycles. The third-order valence-electron chi connectivity index (χ3n) is 5.25. The molecule has 3 rings (SSSR count). The lowest BCUT2D eigenvalue weighted by molar-refractivity contribution is -0.267. The van der Waals surface area contributed by atoms with Crippen LogP contribution < -0.4 is 0 Å². The Morgan fingerprint density at radius 2 is 1.57 bits per heavy atom. The van der Waals surface area contributed by atoms with E-state index in [0.717, 1.165) is 0 Å². The number of fused-ring (bicyclic) bond motifs is 1. The second kappa shape index (κ2) is 7.53. The van der Waals surface area contributed by atoms with Crippen molar-refractivity contribution in [2.24, 2.45) is 0 Å². The Morgan fingerprint density at radius 1 is 0.929 bits per heavy atom. The fourth-order valence-corrected chi connectivity index (χ4v) is 3.62. The van der Waals surface area contributed by atoms with Gasteiger partial charge in [0.25, 0.3) is 0 Å². The van der Waals surface area contributed by atoms with Crippen LogP contribution in [0.4, 0.5) is 13.2 Å². The van der Waals surface area contributed by atoms with Gasteiger partial charge in [0.2, 0.25) is 0 Å². The van der Waals surface area contributed by atoms with Gasteiger partial charge in [-0.25, -0.2) is 0 Å². The molecule has 2 N–H and O–H groups in total. The van der Waals surface area contributed by atoms with Gasteiger partial charge in [-0.1, -0.05) is 55.5 Å². The molecule has 3 nitrogen and oxygen atoms in total. The maximum absolute atomic E-state index is 14.0. The Hall–Kier alpha value is -2.44. The lowest BCUT2D eigenvalue weighted by Gasteiger charge is -2.39. The number of aliphatic hydroxyl groups is 2. The fourth-order valence-electron chi connectivity index (χ4n) is 3.62. The first-order chi connectivity index (χ1) is 13.2. The zero-order chi connectivity index (χ0) is 20.4. The summed E-state index contributed by atoms with van der Waals surface area (Å²) >= 11 is 0. The molecule has 3 aromatic rings. The molecule has 28 heavy (non-hydrogen) atoms. The summed E-state index contributed by atoms with van der Waals surface area (Å²) in [4.78, 5) is 4.17. The quantitative estimate of drug-likeness (QED) is 0.657. The smallest absolute Gasteiger partial charge is 0.395 e. The highest BCUT2D eigenvalue weighted by atomic mass is 19.4. The monoisotopic (exact) mass is 389 g/mol. The molecule has 0 amide bonds. The molecule has 1 aromatic heterocycles. The molecule has 1 heterocycles. The fraction of sp³-hybridized carbons (Fsp3) is 0.318. The molecule has 6 heteroatoms. The molecular formula is C22H22F3NO2. The van der Waals surface area contributed by atoms with Crippen LogP contribution in [0.5, 0.6) is 0 Å². The van der Waals surface area contributed by atoms with E-state index in [1.807, 2.05) is 0 Å². The van der Waals surface area contributed by atoms with E-state index in [9.17, 15) is 23.4 Å². The summed E-state index contributed by atoms with van der Waals surface area (Å²) in [6, 6.07) is 16.9. The number of benzene rings is 2. The van der Waals surface area contributed by atoms with Gasteiger partial charge in [0.1, 0.15) is 0 Å². The highest BCUT2D eigenvalue weighted by molar-refractivity contribution is 5.81. The van der Waals surface area contributed by atoms with Crippen LogP contribution in [-0.2, 0) is 11.8 Å². The van der Waals surface area contributed by atoms with Crippen LogP contribution in [0.2, 0.25) is 0 Å². The van der Waals surface area contributed by atoms with Crippen LogP contribution in [0, 0.1) is 0 Å². The molecule has 0 aliphatic heterocycles. The number of nitrogens with zero attached hydrogens (tertiary/aromatic N) is 1. The summed E-state index contributed by atoms with van der Waals surface area (Å²) in [6.07, 6.45) is -4.72. The molecule has 2 aromatic carbocycles. The van der Waals surface area contributed by atoms with Crippen molar-refractivity contribution in [3.63, 3.8) is 0 Å². The number of hydrogen-bond donors (Lipinski definition) is 2. The summed E-state index contributed by atoms with van der Waals surface area (Å²) < 4.78 is 42.1. The van der Waals surface area contributed by atoms with Gasteiger partial charge in [-0.05, 0) is 29.7 Å². The number of hydrogen-bond acceptors (Lipinski definition) is 3. The number of aliphatic hydroxyl groups excluding tert-OH is 1. The molecule has 0 bridgehead atoms. The normalized spacial score (nSPS) is 16.5. The minimum Gasteiger partial charge on any atom is -0.395 e. The molecule has 0 saturated carbocycles. The third kappa shape index (κ3) is 3.88. The van der Waals surface area contributed by atoms with Gasteiger partial charge in [-0.3, -0.25) is 4.98 Å². The molecular weight excluding hydrogens is 367 g/mol. The Kier molecular flexibility index (Phi) is 5.46. The van der Waals surface area contributed by atoms with Crippen molar-refractivity contribution < 1.29 is 23.4 Å². The van der Waals surface area contributed by atoms with Crippen molar-refractivity contribution in [3.8, 4) is 0 Å². The molecule has 0 aliphatic carbocycles. The summed E-state index contributed by atoms with van der Waals surface area (Å²) in [5.74, 6) is 0. The molecule has 148 valence electrons. The standard InChI is InChI=1S/C22H22F3NO2/c1-20(15-27,17-7-3-2-4-8-17)14-21(28,22(23,24)25)13-16-11-12-26-19-10-6-5-9-18(16)19/h2-12,27-28H,13-15H2,1H3. The predicted molar refractivity (Wildman–Crippen MR) is 102 cm³/mol. The summed E-state index contributed by atoms with van der Waals surface area (Å²) in [7, 11) is 0. The van der Waals surface area contributed by atoms with Crippen LogP contribution in [0.3, 0.4) is 0 Å². The minimum absolute atomic E-state index is 0.360. The highest BCUT2D eigenvalue weighted by Gasteiger charge is 2.56. The predicted octanol–water partition coefficient (Wildman–Crippen LogP) is 4.41. The summed E-state index contributed by atoms with van der Waals surface area (Å²) in [6.45, 7) is 1.01. The lowest BCUT2D eigenvalue weighted by atomic mass is 9.72. The van der Waals surface area contributed by atoms with Crippen molar-refractivity contribution in [2.75, 3.05) is 6.61 Å². The van der Waals surface area contributed by atoms with Crippen LogP contribution in [0.25, 0.3) is 10.9 Å². The van der Waals surface area contributed by atoms with Crippen LogP contribution in [0.15, 0.2) is 66.9 Å². The number of aromatic nitrogens is 1. The topological polar surface area (TPSA) is 53.4 Å². The number of rotatable bonds is 6. The van der Waals surface area contributed by atoms with Gasteiger partial charge in [0, 0.05) is 23.4 Å². The summed E-state index contributed by atoms with van der Waals surface area (Å²) in [5.41, 5.74) is -2.80. The molecule has 0 radical (unpaired) electrons. The maximum Gasteiger partial charge on any atom is 0.417 e. The zero-order valence-electron chi connectivity index (χ0n) is 15.4. The molecule has 2 unspecified atom stereocenters. The Balaban J connectivity index is 2.03. The second-order valence-electron chi connectivity index (χ2n) is 7.45. The van der Waals surface area contributed by atoms with Gasteiger partial charge in [-0.2, -0.15) is 13.2 Å². The van der Waals surface area contributed by atoms with Gasteiger partial charge in [0.15, 0.2) is 5.60 Å². The van der Waals surface area contributed by atoms with E-state index in [1.54, 1.807) is 54.6 Å². The lowest BCUT2D eigenvalue weighted by Crippen LogP contribution is -2.52. The minimum atomic E-state index is -4.87. The summed E-state index contributed by atoms with van der Waals surface area (Å²) in [5, 5.41) is 21.3. The van der Waals surface area contributed by atoms with Crippen molar-refractivity contribution in [2.45, 2.75) is 37.0 Å². The van der Waals surface area contributed by atoms with Crippen LogP contribution >= 0.6 is 0 Å². The third-order valence-corrected chi connectivity index (χ3v) is 5.25. The first-order valence-electron chi connectivity index (χ1n) is 8.97. The van der Waals surface area contributed by atoms with Crippen molar-refractivity contribution >= 4 is 10.9 Å². The van der Waals surface area contributed by atoms with E-state index in [-0.39, 0.29) is 0 Å². The Bertz CT molecular complexity index is 940. The van der Waals surface area contributed by atoms with E-state index < -0.39 is 36.6 Å². The average molecular weight is 389 g/mol. The Morgan fingerprint density at radius 3 is 2.21 bits per heavy atom. The highest BCUT2D eigenvalue weighted by Crippen LogP contribution is 2.43. The molecule has 0 aliphatic rings. The first kappa shape index (κ1) is 20.3. The van der Waals surface area contributed by atoms with Gasteiger partial charge in [-0.15, -0.1) is 0 Å². The maximum atomic E-state index is 14.0. The average Bonchev–Trinajstić information content (AvgIpc) is 2.68. The van der Waals surface area contributed by atoms with E-state index >= 15 is 0 Å². The number of para-hydroxylation sites is 1. The van der Waals surface area contributed by atoms with Crippen LogP contribution in [0.1, 0.15) is 24.5 Å². The van der Waals surface area contributed by atoms with Crippen LogP contribution in [-0.4, -0.2) is 33.6 Å². The Labute approximate surface area is 161 Å². The number of alkyl halides is 3. The van der Waals surface area contributed by atoms with E-state index in [4.69, 9.17) is 0 Å². The number of halogens is 3. The molecule has 2 atom stereocenters. The van der Waals surface area contributed by atoms with E-state index in [0.29, 0.717) is 22.0 Å². The van der Waals surface area contributed by atoms with Gasteiger partial charge < -0.3 is 10.2 Å². The van der Waals surface area contributed by atoms with E-state index in [2.05, 4.69) is 4.98 Å². The van der Waals surface area contributed by atoms with Crippen molar-refractivity contribution in [1.82, 2.24) is 4.98 Å². The molecule has 0 spiro atoms. The van der Waals surface area contributed by atoms with Gasteiger partial charge in [0.05, 0.1) is 12.1 Å². The number of pyridine rings is 1. The molecule has 0 fully saturated rings. The van der Waals surface area contributed by atoms with Crippen molar-refractivity contribution in [3.05, 3.63) is 78.0 Å². The SMILES string of the molecule is CC(CO)(CC(O)(Cc1ccnc2ccccc12)C(F)(F)F)c1ccccc1. The van der Waals surface area contributed by atoms with Crippen molar-refractivity contribution in [1.29, 1.82) is 0 Å². The first-order valence-corrected chi connectivity index (χ1v) is 8.97. The zero-order valence-corrected chi connectivity index (χ0v) is 15.4. The second-order valence-corrected chi connectivity index (χ2v) is 7.45. The largest absolute Gasteiger partial charge is 0.417 e.